The molecule has 5 rings (SSSR count). The summed E-state index contributed by atoms with van der Waals surface area (Å²) in [4.78, 5) is 9.15. The molecule has 0 spiro atoms. The molecule has 9 heteroatoms. The molecule has 0 bridgehead atoms. The van der Waals surface area contributed by atoms with Crippen molar-refractivity contribution in [1.29, 1.82) is 0 Å². The van der Waals surface area contributed by atoms with Crippen LogP contribution in [-0.2, 0) is 5.34 Å². The van der Waals surface area contributed by atoms with Crippen molar-refractivity contribution >= 4 is 26.7 Å². The topological polar surface area (TPSA) is 56.7 Å². The van der Waals surface area contributed by atoms with Crippen LogP contribution in [0.4, 0.5) is 8.78 Å². The summed E-state index contributed by atoms with van der Waals surface area (Å²) in [5, 5.41) is 3.73. The minimum absolute atomic E-state index is 0.0572. The largest absolute Gasteiger partial charge is 0.361 e. The lowest BCUT2D eigenvalue weighted by Crippen LogP contribution is -2.45. The first-order valence-corrected chi connectivity index (χ1v) is 11.4. The van der Waals surface area contributed by atoms with E-state index in [2.05, 4.69) is 42.7 Å². The normalized spacial score (nSPS) is 17.0. The predicted molar refractivity (Wildman–Crippen MR) is 130 cm³/mol. The van der Waals surface area contributed by atoms with Gasteiger partial charge in [0.05, 0.1) is 16.7 Å². The van der Waals surface area contributed by atoms with Crippen molar-refractivity contribution in [2.24, 2.45) is 5.92 Å². The Morgan fingerprint density at radius 3 is 2.55 bits per heavy atom. The van der Waals surface area contributed by atoms with Gasteiger partial charge in [0.25, 0.3) is 0 Å². The summed E-state index contributed by atoms with van der Waals surface area (Å²) < 4.78 is 35.4. The van der Waals surface area contributed by atoms with Crippen LogP contribution >= 0.6 is 0 Å². The van der Waals surface area contributed by atoms with Gasteiger partial charge in [0.15, 0.2) is 0 Å². The first-order chi connectivity index (χ1) is 15.7. The Bertz CT molecular complexity index is 1290. The fraction of sp³-hybridized carbons (Fsp3) is 0.375. The summed E-state index contributed by atoms with van der Waals surface area (Å²) in [6, 6.07) is 6.04. The van der Waals surface area contributed by atoms with Crippen LogP contribution in [0.3, 0.4) is 0 Å². The van der Waals surface area contributed by atoms with E-state index in [0.29, 0.717) is 12.8 Å². The average molecular weight is 446 g/mol. The van der Waals surface area contributed by atoms with Crippen molar-refractivity contribution in [3.8, 4) is 22.3 Å². The van der Waals surface area contributed by atoms with Crippen LogP contribution in [0.2, 0.25) is 0 Å². The van der Waals surface area contributed by atoms with Crippen LogP contribution in [0.25, 0.3) is 33.3 Å². The van der Waals surface area contributed by atoms with Gasteiger partial charge in [-0.25, -0.2) is 8.78 Å². The van der Waals surface area contributed by atoms with E-state index < -0.39 is 5.92 Å². The van der Waals surface area contributed by atoms with Gasteiger partial charge in [-0.2, -0.15) is 0 Å². The van der Waals surface area contributed by atoms with Gasteiger partial charge in [-0.1, -0.05) is 11.2 Å². The molecule has 5 nitrogen and oxygen atoms in total. The lowest BCUT2D eigenvalue weighted by molar-refractivity contribution is -0.0498. The molecule has 1 fully saturated rings. The lowest BCUT2D eigenvalue weighted by Gasteiger charge is -2.41. The number of halogens is 2. The van der Waals surface area contributed by atoms with E-state index in [-0.39, 0.29) is 24.1 Å². The standard InChI is InChI=1S/C24H26B2F2N4O/c1-14-21(15(2)33-31-14)17-10-20-22(30-12-17)19(16-4-3-9-29-11-16)13-32(20)24(25,26)18-5-7-23(27,28)8-6-18/h3-4,9-13,18H,5-8,25-26H2,1-2H3. The molecule has 1 saturated carbocycles. The summed E-state index contributed by atoms with van der Waals surface area (Å²) >= 11 is 0. The number of pyridine rings is 2. The average Bonchev–Trinajstić information content (AvgIpc) is 3.33. The Balaban J connectivity index is 1.69. The highest BCUT2D eigenvalue weighted by molar-refractivity contribution is 6.38. The van der Waals surface area contributed by atoms with Gasteiger partial charge < -0.3 is 9.09 Å². The third-order valence-electron chi connectivity index (χ3n) is 7.27. The van der Waals surface area contributed by atoms with E-state index in [9.17, 15) is 8.78 Å². The van der Waals surface area contributed by atoms with Crippen molar-refractivity contribution in [2.75, 3.05) is 0 Å². The van der Waals surface area contributed by atoms with Crippen LogP contribution in [0.5, 0.6) is 0 Å². The third-order valence-corrected chi connectivity index (χ3v) is 7.27. The number of fused-ring (bicyclic) bond motifs is 1. The van der Waals surface area contributed by atoms with Crippen LogP contribution < -0.4 is 0 Å². The highest BCUT2D eigenvalue weighted by atomic mass is 19.3. The van der Waals surface area contributed by atoms with Gasteiger partial charge in [0.1, 0.15) is 21.5 Å². The SMILES string of the molecule is BC(B)(C1CCC(F)(F)CC1)n1cc(-c2cccnc2)c2ncc(-c3c(C)noc3C)cc21. The van der Waals surface area contributed by atoms with E-state index in [1.54, 1.807) is 6.20 Å². The highest BCUT2D eigenvalue weighted by Gasteiger charge is 2.41. The molecule has 0 amide bonds. The number of hydrogen-bond donors (Lipinski definition) is 0. The summed E-state index contributed by atoms with van der Waals surface area (Å²) in [5.74, 6) is -1.67. The van der Waals surface area contributed by atoms with Crippen LogP contribution in [0.15, 0.2) is 47.5 Å². The molecular weight excluding hydrogens is 420 g/mol. The van der Waals surface area contributed by atoms with E-state index in [1.165, 1.54) is 0 Å². The monoisotopic (exact) mass is 446 g/mol. The second-order valence-electron chi connectivity index (χ2n) is 9.73. The predicted octanol–water partition coefficient (Wildman–Crippen LogP) is 4.07. The molecule has 0 unspecified atom stereocenters. The number of hydrogen-bond acceptors (Lipinski definition) is 4. The first-order valence-electron chi connectivity index (χ1n) is 11.4. The smallest absolute Gasteiger partial charge is 0.248 e. The molecule has 0 radical (unpaired) electrons. The third kappa shape index (κ3) is 3.77. The molecule has 168 valence electrons. The fourth-order valence-electron chi connectivity index (χ4n) is 5.29. The maximum Gasteiger partial charge on any atom is 0.248 e. The summed E-state index contributed by atoms with van der Waals surface area (Å²) in [6.07, 6.45) is 8.43. The van der Waals surface area contributed by atoms with Crippen LogP contribution in [0.1, 0.15) is 37.1 Å². The zero-order valence-corrected chi connectivity index (χ0v) is 19.4. The van der Waals surface area contributed by atoms with Crippen molar-refractivity contribution in [1.82, 2.24) is 19.7 Å². The van der Waals surface area contributed by atoms with Gasteiger partial charge in [-0.3, -0.25) is 9.97 Å². The summed E-state index contributed by atoms with van der Waals surface area (Å²) in [5.41, 5.74) is 6.48. The van der Waals surface area contributed by atoms with Gasteiger partial charge in [-0.15, -0.1) is 0 Å². The molecule has 1 aliphatic carbocycles. The van der Waals surface area contributed by atoms with Gasteiger partial charge >= 0.3 is 0 Å². The minimum atomic E-state index is -2.55. The Morgan fingerprint density at radius 1 is 1.15 bits per heavy atom. The summed E-state index contributed by atoms with van der Waals surface area (Å²) in [7, 11) is 4.30. The first kappa shape index (κ1) is 21.9. The fourth-order valence-corrected chi connectivity index (χ4v) is 5.29. The maximum atomic E-state index is 13.9. The van der Waals surface area contributed by atoms with Crippen LogP contribution in [0, 0.1) is 19.8 Å². The Labute approximate surface area is 193 Å². The van der Waals surface area contributed by atoms with Gasteiger partial charge in [-0.05, 0) is 50.1 Å². The molecule has 4 aromatic rings. The Kier molecular flexibility index (Phi) is 5.18. The molecule has 0 saturated heterocycles. The minimum Gasteiger partial charge on any atom is -0.361 e. The Morgan fingerprint density at radius 2 is 1.91 bits per heavy atom. The second-order valence-corrected chi connectivity index (χ2v) is 9.73. The lowest BCUT2D eigenvalue weighted by atomic mass is 9.52. The van der Waals surface area contributed by atoms with Gasteiger partial charge in [0, 0.05) is 59.9 Å². The zero-order valence-electron chi connectivity index (χ0n) is 19.4. The molecule has 1 aliphatic rings. The number of alkyl halides is 2. The molecule has 4 aromatic heterocycles. The highest BCUT2D eigenvalue weighted by Crippen LogP contribution is 2.43. The Hall–Kier alpha value is -2.96. The summed E-state index contributed by atoms with van der Waals surface area (Å²) in [6.45, 7) is 3.81. The van der Waals surface area contributed by atoms with E-state index in [1.807, 2.05) is 38.4 Å². The molecular formula is C24H26B2F2N4O. The van der Waals surface area contributed by atoms with Crippen LogP contribution in [-0.4, -0.2) is 41.3 Å². The number of rotatable bonds is 4. The van der Waals surface area contributed by atoms with E-state index in [0.717, 1.165) is 44.7 Å². The van der Waals surface area contributed by atoms with E-state index >= 15 is 0 Å². The zero-order chi connectivity index (χ0) is 23.4. The number of aryl methyl sites for hydroxylation is 2. The molecule has 0 N–H and O–H groups in total. The molecule has 0 aromatic carbocycles. The van der Waals surface area contributed by atoms with Crippen molar-refractivity contribution in [2.45, 2.75) is 50.8 Å². The van der Waals surface area contributed by atoms with Crippen molar-refractivity contribution in [3.63, 3.8) is 0 Å². The number of nitrogens with zero attached hydrogens (tertiary/aromatic N) is 4. The number of aromatic nitrogens is 4. The van der Waals surface area contributed by atoms with Crippen molar-refractivity contribution < 1.29 is 13.3 Å². The molecule has 4 heterocycles. The molecule has 0 atom stereocenters. The molecule has 33 heavy (non-hydrogen) atoms. The quantitative estimate of drug-likeness (QED) is 0.444. The maximum absolute atomic E-state index is 13.9. The second kappa shape index (κ2) is 7.82. The molecule has 0 aliphatic heterocycles. The van der Waals surface area contributed by atoms with E-state index in [4.69, 9.17) is 9.51 Å². The van der Waals surface area contributed by atoms with Crippen molar-refractivity contribution in [3.05, 3.63) is 54.4 Å². The van der Waals surface area contributed by atoms with Gasteiger partial charge in [0.2, 0.25) is 5.92 Å².